The van der Waals surface area contributed by atoms with Gasteiger partial charge in [0.2, 0.25) is 5.90 Å². The predicted octanol–water partition coefficient (Wildman–Crippen LogP) is 4.46. The number of benzene rings is 2. The largest absolute Gasteiger partial charge is 0.557 e. The van der Waals surface area contributed by atoms with E-state index in [0.717, 1.165) is 27.8 Å². The third-order valence-electron chi connectivity index (χ3n) is 4.28. The molecule has 133 valence electrons. The van der Waals surface area contributed by atoms with E-state index in [2.05, 4.69) is 23.8 Å². The van der Waals surface area contributed by atoms with E-state index < -0.39 is 0 Å². The molecular weight excluding hydrogens is 335 g/mol. The third-order valence-corrected chi connectivity index (χ3v) is 4.28. The number of para-hydroxylation sites is 1. The lowest BCUT2D eigenvalue weighted by atomic mass is 9.98. The average Bonchev–Trinajstić information content (AvgIpc) is 3.05. The molecule has 0 saturated carbocycles. The zero-order valence-corrected chi connectivity index (χ0v) is 15.4. The maximum absolute atomic E-state index is 5.76. The molecule has 0 unspecified atom stereocenters. The second kappa shape index (κ2) is 7.27. The Labute approximate surface area is 159 Å². The molecule has 1 aliphatic rings. The number of hydrogen-bond donors (Lipinski definition) is 0. The molecule has 0 fully saturated rings. The second-order valence-corrected chi connectivity index (χ2v) is 7.08. The molecule has 0 N–H and O–H groups in total. The molecule has 4 rings (SSSR count). The Morgan fingerprint density at radius 3 is 2.67 bits per heavy atom. The first kappa shape index (κ1) is 17.3. The van der Waals surface area contributed by atoms with Crippen LogP contribution in [-0.2, 0) is 4.74 Å². The average molecular weight is 355 g/mol. The van der Waals surface area contributed by atoms with Crippen LogP contribution in [0.4, 0.5) is 0 Å². The fourth-order valence-corrected chi connectivity index (χ4v) is 2.90. The molecule has 1 aliphatic heterocycles. The van der Waals surface area contributed by atoms with Gasteiger partial charge in [-0.15, -0.1) is 0 Å². The summed E-state index contributed by atoms with van der Waals surface area (Å²) in [5.74, 6) is 3.34. The highest BCUT2D eigenvalue weighted by atomic mass is 16.5. The molecule has 5 heteroatoms. The molecule has 0 saturated heterocycles. The van der Waals surface area contributed by atoms with Crippen LogP contribution in [-0.4, -0.2) is 30.5 Å². The van der Waals surface area contributed by atoms with Gasteiger partial charge in [-0.3, -0.25) is 4.98 Å². The Hall–Kier alpha value is -3.08. The minimum Gasteiger partial charge on any atom is -0.557 e. The summed E-state index contributed by atoms with van der Waals surface area (Å²) in [4.78, 5) is 8.98. The summed E-state index contributed by atoms with van der Waals surface area (Å²) in [6.07, 6.45) is 3.76. The topological polar surface area (TPSA) is 43.7 Å². The lowest BCUT2D eigenvalue weighted by Gasteiger charge is -2.07. The molecule has 4 nitrogen and oxygen atoms in total. The molecule has 1 radical (unpaired) electrons. The molecule has 0 aliphatic carbocycles. The Balaban J connectivity index is 1.39. The van der Waals surface area contributed by atoms with Crippen molar-refractivity contribution in [2.45, 2.75) is 19.4 Å². The molecule has 0 atom stereocenters. The lowest BCUT2D eigenvalue weighted by Crippen LogP contribution is -2.17. The summed E-state index contributed by atoms with van der Waals surface area (Å²) in [7, 11) is 1.67. The number of rotatable bonds is 5. The normalized spacial score (nSPS) is 15.6. The van der Waals surface area contributed by atoms with Gasteiger partial charge in [0.15, 0.2) is 0 Å². The number of aliphatic imine (C=N–C) groups is 1. The Morgan fingerprint density at radius 2 is 1.89 bits per heavy atom. The highest BCUT2D eigenvalue weighted by molar-refractivity contribution is 6.37. The van der Waals surface area contributed by atoms with E-state index in [9.17, 15) is 0 Å². The highest BCUT2D eigenvalue weighted by Gasteiger charge is 2.26. The van der Waals surface area contributed by atoms with E-state index in [1.165, 1.54) is 0 Å². The zero-order chi connectivity index (χ0) is 18.7. The summed E-state index contributed by atoms with van der Waals surface area (Å²) in [6, 6.07) is 18.0. The van der Waals surface area contributed by atoms with Gasteiger partial charge >= 0.3 is 7.48 Å². The predicted molar refractivity (Wildman–Crippen MR) is 110 cm³/mol. The van der Waals surface area contributed by atoms with Crippen LogP contribution in [0.3, 0.4) is 0 Å². The van der Waals surface area contributed by atoms with Gasteiger partial charge in [-0.2, -0.15) is 0 Å². The number of aromatic nitrogens is 1. The van der Waals surface area contributed by atoms with Gasteiger partial charge in [0, 0.05) is 17.1 Å². The Morgan fingerprint density at radius 1 is 1.07 bits per heavy atom. The van der Waals surface area contributed by atoms with E-state index in [1.54, 1.807) is 13.7 Å². The van der Waals surface area contributed by atoms with Crippen molar-refractivity contribution in [2.24, 2.45) is 4.99 Å². The van der Waals surface area contributed by atoms with Gasteiger partial charge < -0.3 is 9.39 Å². The maximum Gasteiger partial charge on any atom is 0.401 e. The van der Waals surface area contributed by atoms with E-state index >= 15 is 0 Å². The highest BCUT2D eigenvalue weighted by Crippen LogP contribution is 2.23. The Bertz CT molecular complexity index is 1010. The van der Waals surface area contributed by atoms with Gasteiger partial charge in [-0.1, -0.05) is 42.4 Å². The maximum atomic E-state index is 5.76. The van der Waals surface area contributed by atoms with E-state index in [0.29, 0.717) is 12.5 Å². The van der Waals surface area contributed by atoms with Crippen LogP contribution in [0.5, 0.6) is 5.75 Å². The summed E-state index contributed by atoms with van der Waals surface area (Å²) < 4.78 is 11.4. The van der Waals surface area contributed by atoms with Crippen molar-refractivity contribution in [2.75, 3.05) is 6.61 Å². The molecule has 2 heterocycles. The van der Waals surface area contributed by atoms with Crippen molar-refractivity contribution in [1.82, 2.24) is 4.98 Å². The third kappa shape index (κ3) is 4.03. The van der Waals surface area contributed by atoms with Crippen LogP contribution in [0.15, 0.2) is 71.8 Å². The fourth-order valence-electron chi connectivity index (χ4n) is 2.90. The van der Waals surface area contributed by atoms with Crippen LogP contribution in [0.25, 0.3) is 17.0 Å². The zero-order valence-electron chi connectivity index (χ0n) is 15.4. The quantitative estimate of drug-likeness (QED) is 0.635. The van der Waals surface area contributed by atoms with Crippen LogP contribution in [0.2, 0.25) is 0 Å². The fraction of sp³-hybridized carbons (Fsp3) is 0.182. The second-order valence-electron chi connectivity index (χ2n) is 7.08. The number of fused-ring (bicyclic) bond motifs is 1. The molecule has 0 amide bonds. The summed E-state index contributed by atoms with van der Waals surface area (Å²) in [5.41, 5.74) is 2.79. The first-order chi connectivity index (χ1) is 13.1. The number of hydrogen-bond acceptors (Lipinski definition) is 4. The first-order valence-electron chi connectivity index (χ1n) is 8.94. The molecule has 0 spiro atoms. The molecule has 0 bridgehead atoms. The SMILES string of the molecule is CC1(C)COC(c2ccc(C=C[B]Oc3cccc4cccnc34)cc2)=N1. The van der Waals surface area contributed by atoms with Crippen LogP contribution in [0, 0.1) is 0 Å². The van der Waals surface area contributed by atoms with E-state index in [-0.39, 0.29) is 5.54 Å². The lowest BCUT2D eigenvalue weighted by molar-refractivity contribution is 0.279. The van der Waals surface area contributed by atoms with Crippen molar-refractivity contribution in [1.29, 1.82) is 0 Å². The van der Waals surface area contributed by atoms with Crippen molar-refractivity contribution in [3.05, 3.63) is 77.9 Å². The molecule has 1 aromatic heterocycles. The standard InChI is InChI=1S/C22H20BN2O2/c1-22(2)15-26-21(25-22)18-10-8-16(9-11-18)12-13-23-27-19-7-3-5-17-6-4-14-24-20(17)19/h3-14H,15H2,1-2H3. The van der Waals surface area contributed by atoms with E-state index in [4.69, 9.17) is 9.39 Å². The van der Waals surface area contributed by atoms with Gasteiger partial charge in [-0.25, -0.2) is 4.99 Å². The van der Waals surface area contributed by atoms with Gasteiger partial charge in [-0.05, 0) is 43.7 Å². The van der Waals surface area contributed by atoms with Gasteiger partial charge in [0.1, 0.15) is 17.9 Å². The molecule has 27 heavy (non-hydrogen) atoms. The van der Waals surface area contributed by atoms with Crippen molar-refractivity contribution >= 4 is 30.4 Å². The first-order valence-corrected chi connectivity index (χ1v) is 8.94. The minimum absolute atomic E-state index is 0.142. The van der Waals surface area contributed by atoms with Crippen LogP contribution >= 0.6 is 0 Å². The minimum atomic E-state index is -0.142. The molecule has 2 aromatic carbocycles. The van der Waals surface area contributed by atoms with Gasteiger partial charge in [0.05, 0.1) is 5.54 Å². The monoisotopic (exact) mass is 355 g/mol. The number of ether oxygens (including phenoxy) is 1. The summed E-state index contributed by atoms with van der Waals surface area (Å²) in [6.45, 7) is 4.76. The van der Waals surface area contributed by atoms with E-state index in [1.807, 2.05) is 66.6 Å². The molecule has 3 aromatic rings. The molecular formula is C22H20BN2O2. The van der Waals surface area contributed by atoms with Crippen molar-refractivity contribution < 1.29 is 9.39 Å². The number of pyridine rings is 1. The van der Waals surface area contributed by atoms with Gasteiger partial charge in [0.25, 0.3) is 0 Å². The van der Waals surface area contributed by atoms with Crippen LogP contribution in [0.1, 0.15) is 25.0 Å². The van der Waals surface area contributed by atoms with Crippen molar-refractivity contribution in [3.63, 3.8) is 0 Å². The van der Waals surface area contributed by atoms with Crippen molar-refractivity contribution in [3.8, 4) is 5.75 Å². The number of nitrogens with zero attached hydrogens (tertiary/aromatic N) is 2. The summed E-state index contributed by atoms with van der Waals surface area (Å²) in [5, 5.41) is 1.06. The smallest absolute Gasteiger partial charge is 0.401 e. The van der Waals surface area contributed by atoms with Crippen LogP contribution < -0.4 is 4.65 Å². The summed E-state index contributed by atoms with van der Waals surface area (Å²) >= 11 is 0. The Kier molecular flexibility index (Phi) is 4.67.